The highest BCUT2D eigenvalue weighted by atomic mass is 15.6. The Bertz CT molecular complexity index is 683. The Hall–Kier alpha value is -1.95. The molecule has 140 valence electrons. The number of benzene rings is 1. The van der Waals surface area contributed by atoms with Crippen LogP contribution in [0.15, 0.2) is 30.3 Å². The zero-order chi connectivity index (χ0) is 17.9. The van der Waals surface area contributed by atoms with Gasteiger partial charge in [-0.05, 0) is 41.3 Å². The number of nitrogens with zero attached hydrogens (tertiary/aromatic N) is 6. The van der Waals surface area contributed by atoms with E-state index in [1.807, 2.05) is 0 Å². The fraction of sp³-hybridized carbons (Fsp3) is 0.650. The zero-order valence-electron chi connectivity index (χ0n) is 16.0. The summed E-state index contributed by atoms with van der Waals surface area (Å²) in [7, 11) is 0. The minimum Gasteiger partial charge on any atom is -0.369 e. The fourth-order valence-corrected chi connectivity index (χ4v) is 4.58. The van der Waals surface area contributed by atoms with Crippen molar-refractivity contribution in [1.82, 2.24) is 25.1 Å². The molecule has 2 fully saturated rings. The molecular formula is C20H30N6. The highest BCUT2D eigenvalue weighted by Gasteiger charge is 2.33. The molecule has 0 unspecified atom stereocenters. The lowest BCUT2D eigenvalue weighted by molar-refractivity contribution is 0.132. The first kappa shape index (κ1) is 17.5. The number of piperazine rings is 1. The van der Waals surface area contributed by atoms with Gasteiger partial charge in [-0.15, -0.1) is 5.10 Å². The average Bonchev–Trinajstić information content (AvgIpc) is 3.34. The summed E-state index contributed by atoms with van der Waals surface area (Å²) >= 11 is 0. The van der Waals surface area contributed by atoms with E-state index < -0.39 is 0 Å². The lowest BCUT2D eigenvalue weighted by Crippen LogP contribution is -2.49. The molecule has 0 radical (unpaired) electrons. The summed E-state index contributed by atoms with van der Waals surface area (Å²) < 4.78 is 2.14. The first-order chi connectivity index (χ1) is 12.7. The number of tetrazole rings is 1. The Morgan fingerprint density at radius 2 is 1.65 bits per heavy atom. The number of hydrogen-bond acceptors (Lipinski definition) is 5. The highest BCUT2D eigenvalue weighted by molar-refractivity contribution is 5.46. The Morgan fingerprint density at radius 1 is 0.962 bits per heavy atom. The molecule has 6 heteroatoms. The Morgan fingerprint density at radius 3 is 2.31 bits per heavy atom. The van der Waals surface area contributed by atoms with Gasteiger partial charge in [-0.1, -0.05) is 44.9 Å². The summed E-state index contributed by atoms with van der Waals surface area (Å²) in [5.41, 5.74) is 1.32. The summed E-state index contributed by atoms with van der Waals surface area (Å²) in [5.74, 6) is 1.56. The van der Waals surface area contributed by atoms with Crippen molar-refractivity contribution in [1.29, 1.82) is 0 Å². The van der Waals surface area contributed by atoms with Crippen molar-refractivity contribution < 1.29 is 0 Å². The molecule has 1 saturated heterocycles. The quantitative estimate of drug-likeness (QED) is 0.824. The van der Waals surface area contributed by atoms with Crippen LogP contribution in [0.25, 0.3) is 0 Å². The maximum absolute atomic E-state index is 4.48. The third-order valence-corrected chi connectivity index (χ3v) is 5.91. The van der Waals surface area contributed by atoms with Gasteiger partial charge >= 0.3 is 0 Å². The van der Waals surface area contributed by atoms with Gasteiger partial charge in [0.2, 0.25) is 0 Å². The van der Waals surface area contributed by atoms with Crippen LogP contribution in [0.4, 0.5) is 5.69 Å². The second kappa shape index (κ2) is 7.74. The van der Waals surface area contributed by atoms with Gasteiger partial charge in [0.05, 0.1) is 12.1 Å². The molecule has 1 aliphatic carbocycles. The van der Waals surface area contributed by atoms with Gasteiger partial charge in [0.15, 0.2) is 5.82 Å². The molecule has 6 nitrogen and oxygen atoms in total. The molecule has 26 heavy (non-hydrogen) atoms. The van der Waals surface area contributed by atoms with Crippen molar-refractivity contribution in [2.45, 2.75) is 51.6 Å². The number of rotatable bonds is 5. The lowest BCUT2D eigenvalue weighted by atomic mass is 10.00. The molecule has 0 amide bonds. The van der Waals surface area contributed by atoms with E-state index in [0.717, 1.165) is 32.0 Å². The van der Waals surface area contributed by atoms with E-state index in [4.69, 9.17) is 0 Å². The summed E-state index contributed by atoms with van der Waals surface area (Å²) in [4.78, 5) is 5.06. The van der Waals surface area contributed by atoms with Crippen LogP contribution in [0.3, 0.4) is 0 Å². The smallest absolute Gasteiger partial charge is 0.168 e. The van der Waals surface area contributed by atoms with E-state index in [0.29, 0.717) is 18.0 Å². The van der Waals surface area contributed by atoms with Gasteiger partial charge in [0, 0.05) is 31.9 Å². The molecule has 1 saturated carbocycles. The summed E-state index contributed by atoms with van der Waals surface area (Å²) in [6.45, 7) is 8.80. The van der Waals surface area contributed by atoms with Crippen LogP contribution in [-0.4, -0.2) is 51.3 Å². The van der Waals surface area contributed by atoms with E-state index >= 15 is 0 Å². The predicted molar refractivity (Wildman–Crippen MR) is 103 cm³/mol. The van der Waals surface area contributed by atoms with Crippen molar-refractivity contribution in [3.8, 4) is 0 Å². The van der Waals surface area contributed by atoms with E-state index in [1.165, 1.54) is 31.4 Å². The summed E-state index contributed by atoms with van der Waals surface area (Å²) in [5, 5.41) is 12.9. The third-order valence-electron chi connectivity index (χ3n) is 5.91. The molecule has 1 aliphatic heterocycles. The molecule has 2 aromatic rings. The molecule has 2 heterocycles. The van der Waals surface area contributed by atoms with Gasteiger partial charge < -0.3 is 4.90 Å². The molecular weight excluding hydrogens is 324 g/mol. The van der Waals surface area contributed by atoms with E-state index in [1.54, 1.807) is 0 Å². The maximum Gasteiger partial charge on any atom is 0.168 e. The number of para-hydroxylation sites is 1. The molecule has 0 bridgehead atoms. The molecule has 0 N–H and O–H groups in total. The SMILES string of the molecule is CC(C)[C@@H](c1nnnn1C1CCCC1)N1CCN(c2ccccc2)CC1. The lowest BCUT2D eigenvalue weighted by Gasteiger charge is -2.41. The minimum atomic E-state index is 0.295. The van der Waals surface area contributed by atoms with E-state index in [9.17, 15) is 0 Å². The first-order valence-corrected chi connectivity index (χ1v) is 10.1. The standard InChI is InChI=1S/C20H30N6/c1-16(2)19(20-21-22-23-26(20)18-10-6-7-11-18)25-14-12-24(13-15-25)17-8-4-3-5-9-17/h3-5,8-9,16,18-19H,6-7,10-15H2,1-2H3/t19-/m0/s1. The molecule has 1 atom stereocenters. The van der Waals surface area contributed by atoms with Crippen LogP contribution in [0, 0.1) is 5.92 Å². The Balaban J connectivity index is 1.49. The monoisotopic (exact) mass is 354 g/mol. The zero-order valence-corrected chi connectivity index (χ0v) is 16.0. The van der Waals surface area contributed by atoms with Gasteiger partial charge in [0.1, 0.15) is 0 Å². The van der Waals surface area contributed by atoms with Crippen molar-refractivity contribution in [2.75, 3.05) is 31.1 Å². The first-order valence-electron chi connectivity index (χ1n) is 10.1. The van der Waals surface area contributed by atoms with E-state index in [-0.39, 0.29) is 0 Å². The van der Waals surface area contributed by atoms with Gasteiger partial charge in [-0.25, -0.2) is 4.68 Å². The number of anilines is 1. The van der Waals surface area contributed by atoms with Crippen LogP contribution in [0.2, 0.25) is 0 Å². The van der Waals surface area contributed by atoms with Crippen molar-refractivity contribution in [3.63, 3.8) is 0 Å². The third kappa shape index (κ3) is 3.47. The summed E-state index contributed by atoms with van der Waals surface area (Å²) in [6, 6.07) is 11.5. The second-order valence-corrected chi connectivity index (χ2v) is 7.97. The molecule has 2 aliphatic rings. The average molecular weight is 355 g/mol. The Kier molecular flexibility index (Phi) is 5.20. The minimum absolute atomic E-state index is 0.295. The van der Waals surface area contributed by atoms with Crippen LogP contribution < -0.4 is 4.90 Å². The molecule has 4 rings (SSSR count). The second-order valence-electron chi connectivity index (χ2n) is 7.97. The highest BCUT2D eigenvalue weighted by Crippen LogP contribution is 2.34. The normalized spacial score (nSPS) is 20.8. The Labute approximate surface area is 156 Å². The van der Waals surface area contributed by atoms with Gasteiger partial charge in [0.25, 0.3) is 0 Å². The topological polar surface area (TPSA) is 50.1 Å². The van der Waals surface area contributed by atoms with Crippen LogP contribution in [-0.2, 0) is 0 Å². The predicted octanol–water partition coefficient (Wildman–Crippen LogP) is 3.31. The maximum atomic E-state index is 4.48. The summed E-state index contributed by atoms with van der Waals surface area (Å²) in [6.07, 6.45) is 5.02. The van der Waals surface area contributed by atoms with Crippen LogP contribution >= 0.6 is 0 Å². The largest absolute Gasteiger partial charge is 0.369 e. The molecule has 1 aromatic heterocycles. The van der Waals surface area contributed by atoms with Crippen molar-refractivity contribution in [3.05, 3.63) is 36.2 Å². The van der Waals surface area contributed by atoms with Crippen molar-refractivity contribution in [2.24, 2.45) is 5.92 Å². The van der Waals surface area contributed by atoms with Gasteiger partial charge in [-0.3, -0.25) is 4.90 Å². The van der Waals surface area contributed by atoms with E-state index in [2.05, 4.69) is 74.2 Å². The van der Waals surface area contributed by atoms with Crippen LogP contribution in [0.5, 0.6) is 0 Å². The number of hydrogen-bond donors (Lipinski definition) is 0. The molecule has 0 spiro atoms. The number of aromatic nitrogens is 4. The van der Waals surface area contributed by atoms with Crippen molar-refractivity contribution >= 4 is 5.69 Å². The fourth-order valence-electron chi connectivity index (χ4n) is 4.58. The van der Waals surface area contributed by atoms with Crippen LogP contribution in [0.1, 0.15) is 57.4 Å². The van der Waals surface area contributed by atoms with Gasteiger partial charge in [-0.2, -0.15) is 0 Å². The molecule has 1 aromatic carbocycles.